The summed E-state index contributed by atoms with van der Waals surface area (Å²) in [4.78, 5) is 0. The van der Waals surface area contributed by atoms with E-state index in [-0.39, 0.29) is 0 Å². The van der Waals surface area contributed by atoms with Crippen molar-refractivity contribution in [2.24, 2.45) is 5.92 Å². The van der Waals surface area contributed by atoms with Crippen LogP contribution in [0.4, 0.5) is 0 Å². The van der Waals surface area contributed by atoms with Crippen LogP contribution in [-0.4, -0.2) is 0 Å². The van der Waals surface area contributed by atoms with Crippen LogP contribution in [0.5, 0.6) is 0 Å². The maximum atomic E-state index is 3.33. The number of hydrogen-bond donors (Lipinski definition) is 0. The molecule has 0 radical (unpaired) electrons. The molecule has 0 heterocycles. The topological polar surface area (TPSA) is 0 Å². The molecule has 0 saturated heterocycles. The Bertz CT molecular complexity index is 206. The van der Waals surface area contributed by atoms with Crippen LogP contribution in [0, 0.1) is 17.8 Å². The van der Waals surface area contributed by atoms with Gasteiger partial charge in [-0.2, -0.15) is 0 Å². The van der Waals surface area contributed by atoms with E-state index in [1.54, 1.807) is 0 Å². The van der Waals surface area contributed by atoms with Gasteiger partial charge >= 0.3 is 0 Å². The van der Waals surface area contributed by atoms with Gasteiger partial charge in [-0.05, 0) is 25.2 Å². The third-order valence-corrected chi connectivity index (χ3v) is 3.58. The minimum absolute atomic E-state index is 0.906. The van der Waals surface area contributed by atoms with Crippen LogP contribution in [0.2, 0.25) is 0 Å². The fourth-order valence-corrected chi connectivity index (χ4v) is 2.24. The van der Waals surface area contributed by atoms with Gasteiger partial charge in [-0.1, -0.05) is 65.7 Å². The minimum Gasteiger partial charge on any atom is -0.103 e. The molecular formula is C18H34. The fourth-order valence-electron chi connectivity index (χ4n) is 2.24. The normalized spacial score (nSPS) is 11.9. The van der Waals surface area contributed by atoms with Crippen molar-refractivity contribution in [2.75, 3.05) is 0 Å². The summed E-state index contributed by atoms with van der Waals surface area (Å²) in [6.07, 6.45) is 15.9. The highest BCUT2D eigenvalue weighted by Crippen LogP contribution is 2.16. The smallest absolute Gasteiger partial charge is 0.00887 e. The zero-order valence-corrected chi connectivity index (χ0v) is 13.1. The largest absolute Gasteiger partial charge is 0.103 e. The molecule has 0 rings (SSSR count). The van der Waals surface area contributed by atoms with Crippen LogP contribution >= 0.6 is 0 Å². The lowest BCUT2D eigenvalue weighted by molar-refractivity contribution is 0.450. The number of rotatable bonds is 11. The lowest BCUT2D eigenvalue weighted by Crippen LogP contribution is -1.94. The zero-order valence-electron chi connectivity index (χ0n) is 13.1. The van der Waals surface area contributed by atoms with E-state index in [9.17, 15) is 0 Å². The molecule has 1 unspecified atom stereocenters. The first-order chi connectivity index (χ1) is 8.81. The van der Waals surface area contributed by atoms with Crippen LogP contribution in [0.15, 0.2) is 0 Å². The fraction of sp³-hybridized carbons (Fsp3) is 0.889. The van der Waals surface area contributed by atoms with E-state index in [2.05, 4.69) is 32.6 Å². The maximum absolute atomic E-state index is 3.33. The molecule has 0 spiro atoms. The standard InChI is InChI=1S/C18H34/c1-4-6-8-10-11-12-13-15-17-18(3)16-14-9-7-5-2/h18H,4-10,13-17H2,1-3H3. The highest BCUT2D eigenvalue weighted by molar-refractivity contribution is 4.98. The minimum atomic E-state index is 0.906. The Morgan fingerprint density at radius 1 is 0.667 bits per heavy atom. The highest BCUT2D eigenvalue weighted by Gasteiger charge is 2.00. The molecule has 0 saturated carbocycles. The molecule has 0 heteroatoms. The van der Waals surface area contributed by atoms with Crippen molar-refractivity contribution >= 4 is 0 Å². The Balaban J connectivity index is 3.26. The van der Waals surface area contributed by atoms with Crippen LogP contribution in [-0.2, 0) is 0 Å². The first kappa shape index (κ1) is 17.6. The van der Waals surface area contributed by atoms with Crippen molar-refractivity contribution in [3.8, 4) is 11.8 Å². The molecule has 0 aliphatic carbocycles. The number of hydrogen-bond acceptors (Lipinski definition) is 0. The molecular weight excluding hydrogens is 216 g/mol. The summed E-state index contributed by atoms with van der Waals surface area (Å²) in [7, 11) is 0. The third-order valence-electron chi connectivity index (χ3n) is 3.58. The van der Waals surface area contributed by atoms with Gasteiger partial charge in [-0.15, -0.1) is 11.8 Å². The molecule has 0 N–H and O–H groups in total. The Labute approximate surface area is 116 Å². The first-order valence-electron chi connectivity index (χ1n) is 8.27. The van der Waals surface area contributed by atoms with Crippen LogP contribution in [0.25, 0.3) is 0 Å². The van der Waals surface area contributed by atoms with E-state index in [4.69, 9.17) is 0 Å². The average Bonchev–Trinajstić information content (AvgIpc) is 2.38. The molecule has 1 atom stereocenters. The Morgan fingerprint density at radius 2 is 1.22 bits per heavy atom. The summed E-state index contributed by atoms with van der Waals surface area (Å²) in [6, 6.07) is 0. The summed E-state index contributed by atoms with van der Waals surface area (Å²) in [5.41, 5.74) is 0. The van der Waals surface area contributed by atoms with Gasteiger partial charge in [0, 0.05) is 12.8 Å². The first-order valence-corrected chi connectivity index (χ1v) is 8.27. The van der Waals surface area contributed by atoms with E-state index in [1.165, 1.54) is 64.2 Å². The monoisotopic (exact) mass is 250 g/mol. The van der Waals surface area contributed by atoms with Gasteiger partial charge in [0.2, 0.25) is 0 Å². The summed E-state index contributed by atoms with van der Waals surface area (Å²) in [6.45, 7) is 6.93. The van der Waals surface area contributed by atoms with E-state index in [0.717, 1.165) is 18.8 Å². The van der Waals surface area contributed by atoms with E-state index < -0.39 is 0 Å². The van der Waals surface area contributed by atoms with E-state index in [0.29, 0.717) is 0 Å². The van der Waals surface area contributed by atoms with Crippen LogP contribution in [0.3, 0.4) is 0 Å². The molecule has 18 heavy (non-hydrogen) atoms. The van der Waals surface area contributed by atoms with Crippen molar-refractivity contribution in [1.29, 1.82) is 0 Å². The third kappa shape index (κ3) is 13.6. The Morgan fingerprint density at radius 3 is 1.89 bits per heavy atom. The molecule has 0 aliphatic rings. The van der Waals surface area contributed by atoms with Gasteiger partial charge in [0.1, 0.15) is 0 Å². The molecule has 0 aliphatic heterocycles. The summed E-state index contributed by atoms with van der Waals surface area (Å²) in [5, 5.41) is 0. The van der Waals surface area contributed by atoms with Crippen molar-refractivity contribution in [1.82, 2.24) is 0 Å². The molecule has 0 aromatic heterocycles. The molecule has 0 amide bonds. The SMILES string of the molecule is CCCCCC#CCCCC(C)CCCCCC. The summed E-state index contributed by atoms with van der Waals surface area (Å²) >= 11 is 0. The van der Waals surface area contributed by atoms with Gasteiger partial charge in [0.15, 0.2) is 0 Å². The predicted octanol–water partition coefficient (Wildman–Crippen LogP) is 6.35. The van der Waals surface area contributed by atoms with Gasteiger partial charge in [-0.25, -0.2) is 0 Å². The average molecular weight is 250 g/mol. The molecule has 0 aromatic rings. The lowest BCUT2D eigenvalue weighted by Gasteiger charge is -2.09. The predicted molar refractivity (Wildman–Crippen MR) is 83.7 cm³/mol. The quantitative estimate of drug-likeness (QED) is 0.296. The molecule has 0 bridgehead atoms. The summed E-state index contributed by atoms with van der Waals surface area (Å²) < 4.78 is 0. The van der Waals surface area contributed by atoms with Gasteiger partial charge < -0.3 is 0 Å². The Kier molecular flexibility index (Phi) is 14.3. The second-order valence-electron chi connectivity index (χ2n) is 5.66. The van der Waals surface area contributed by atoms with Gasteiger partial charge in [-0.3, -0.25) is 0 Å². The molecule has 0 aromatic carbocycles. The molecule has 0 nitrogen and oxygen atoms in total. The molecule has 106 valence electrons. The van der Waals surface area contributed by atoms with Gasteiger partial charge in [0.05, 0.1) is 0 Å². The van der Waals surface area contributed by atoms with Crippen molar-refractivity contribution in [3.63, 3.8) is 0 Å². The van der Waals surface area contributed by atoms with Crippen LogP contribution in [0.1, 0.15) is 97.8 Å². The van der Waals surface area contributed by atoms with Crippen molar-refractivity contribution < 1.29 is 0 Å². The van der Waals surface area contributed by atoms with Gasteiger partial charge in [0.25, 0.3) is 0 Å². The van der Waals surface area contributed by atoms with Crippen LogP contribution < -0.4 is 0 Å². The van der Waals surface area contributed by atoms with Crippen molar-refractivity contribution in [2.45, 2.75) is 97.8 Å². The number of unbranched alkanes of at least 4 members (excludes halogenated alkanes) is 7. The second-order valence-corrected chi connectivity index (χ2v) is 5.66. The summed E-state index contributed by atoms with van der Waals surface area (Å²) in [5.74, 6) is 7.54. The maximum Gasteiger partial charge on any atom is 0.00887 e. The lowest BCUT2D eigenvalue weighted by atomic mass is 9.97. The van der Waals surface area contributed by atoms with E-state index >= 15 is 0 Å². The highest BCUT2D eigenvalue weighted by atomic mass is 14.1. The second kappa shape index (κ2) is 14.6. The zero-order chi connectivity index (χ0) is 13.5. The Hall–Kier alpha value is -0.440. The van der Waals surface area contributed by atoms with E-state index in [1.807, 2.05) is 0 Å². The molecule has 0 fully saturated rings. The van der Waals surface area contributed by atoms with Crippen molar-refractivity contribution in [3.05, 3.63) is 0 Å².